The number of hydrogen-bond acceptors (Lipinski definition) is 4. The van der Waals surface area contributed by atoms with Crippen molar-refractivity contribution >= 4 is 54.5 Å². The van der Waals surface area contributed by atoms with Gasteiger partial charge < -0.3 is 8.98 Å². The van der Waals surface area contributed by atoms with Crippen molar-refractivity contribution in [2.24, 2.45) is 0 Å². The smallest absolute Gasteiger partial charge is 0.167 e. The van der Waals surface area contributed by atoms with Gasteiger partial charge in [0.05, 0.1) is 27.7 Å². The number of nitrogens with zero attached hydrogens (tertiary/aromatic N) is 4. The van der Waals surface area contributed by atoms with Crippen LogP contribution < -0.4 is 0 Å². The molecule has 8 aromatic carbocycles. The van der Waals surface area contributed by atoms with E-state index in [1.165, 1.54) is 49.3 Å². The molecule has 11 aromatic rings. The van der Waals surface area contributed by atoms with Crippen molar-refractivity contribution in [2.75, 3.05) is 0 Å². The molecule has 12 rings (SSSR count). The number of furan rings is 1. The topological polar surface area (TPSA) is 56.7 Å². The third kappa shape index (κ3) is 4.60. The number of fused-ring (bicyclic) bond motifs is 11. The fourth-order valence-corrected chi connectivity index (χ4v) is 9.40. The van der Waals surface area contributed by atoms with E-state index < -0.39 is 0 Å². The summed E-state index contributed by atoms with van der Waals surface area (Å²) in [6, 6.07) is 59.9. The average Bonchev–Trinajstić information content (AvgIpc) is 3.88. The number of para-hydroxylation sites is 1. The molecule has 3 aromatic heterocycles. The van der Waals surface area contributed by atoms with Gasteiger partial charge >= 0.3 is 0 Å². The summed E-state index contributed by atoms with van der Waals surface area (Å²) in [6.07, 6.45) is 0. The van der Waals surface area contributed by atoms with Crippen LogP contribution in [-0.2, 0) is 5.41 Å². The first-order valence-electron chi connectivity index (χ1n) is 19.5. The molecule has 0 atom stereocenters. The summed E-state index contributed by atoms with van der Waals surface area (Å²) in [7, 11) is 0. The first-order chi connectivity index (χ1) is 28.0. The fourth-order valence-electron chi connectivity index (χ4n) is 9.40. The highest BCUT2D eigenvalue weighted by atomic mass is 16.3. The fraction of sp³-hybridized carbons (Fsp3) is 0.0577. The van der Waals surface area contributed by atoms with Crippen LogP contribution in [0.2, 0.25) is 0 Å². The van der Waals surface area contributed by atoms with Crippen LogP contribution in [0.4, 0.5) is 0 Å². The van der Waals surface area contributed by atoms with E-state index in [1.807, 2.05) is 66.7 Å². The zero-order chi connectivity index (χ0) is 37.8. The van der Waals surface area contributed by atoms with Gasteiger partial charge in [-0.2, -0.15) is 0 Å². The Morgan fingerprint density at radius 1 is 0.491 bits per heavy atom. The first-order valence-corrected chi connectivity index (χ1v) is 19.5. The van der Waals surface area contributed by atoms with Gasteiger partial charge in [-0.25, -0.2) is 15.0 Å². The van der Waals surface area contributed by atoms with Crippen LogP contribution in [-0.4, -0.2) is 19.5 Å². The molecule has 268 valence electrons. The van der Waals surface area contributed by atoms with Crippen LogP contribution >= 0.6 is 0 Å². The maximum atomic E-state index is 6.93. The second kappa shape index (κ2) is 11.8. The lowest BCUT2D eigenvalue weighted by molar-refractivity contribution is 0.664. The Bertz CT molecular complexity index is 3370. The molecule has 0 saturated carbocycles. The van der Waals surface area contributed by atoms with Gasteiger partial charge in [0.1, 0.15) is 11.2 Å². The summed E-state index contributed by atoms with van der Waals surface area (Å²) >= 11 is 0. The Labute approximate surface area is 328 Å². The van der Waals surface area contributed by atoms with Crippen LogP contribution in [0.15, 0.2) is 174 Å². The van der Waals surface area contributed by atoms with Crippen molar-refractivity contribution in [1.29, 1.82) is 0 Å². The summed E-state index contributed by atoms with van der Waals surface area (Å²) < 4.78 is 9.44. The Hall–Kier alpha value is -7.37. The zero-order valence-corrected chi connectivity index (χ0v) is 31.4. The third-order valence-electron chi connectivity index (χ3n) is 12.0. The molecule has 1 aliphatic carbocycles. The number of hydrogen-bond donors (Lipinski definition) is 0. The third-order valence-corrected chi connectivity index (χ3v) is 12.0. The van der Waals surface area contributed by atoms with Crippen LogP contribution in [0.5, 0.6) is 0 Å². The minimum atomic E-state index is -0.235. The standard InChI is InChI=1S/C52H34N4O/c1-52(2)41-23-13-11-21-35(41)36-25-26-37-40-29-33-19-9-10-20-34(33)30-43(40)56(47(37)46(36)52)42-28-27-39(48-45(42)38-22-12-14-24-44(38)57-48)51-54-49(31-15-5-3-6-16-31)53-50(55-51)32-17-7-4-8-18-32/h3-30H,1-2H3. The van der Waals surface area contributed by atoms with E-state index in [1.54, 1.807) is 0 Å². The molecule has 0 fully saturated rings. The van der Waals surface area contributed by atoms with Gasteiger partial charge in [-0.05, 0) is 63.4 Å². The molecule has 57 heavy (non-hydrogen) atoms. The summed E-state index contributed by atoms with van der Waals surface area (Å²) in [5.74, 6) is 1.78. The minimum Gasteiger partial charge on any atom is -0.455 e. The predicted molar refractivity (Wildman–Crippen MR) is 233 cm³/mol. The largest absolute Gasteiger partial charge is 0.455 e. The molecule has 5 heteroatoms. The van der Waals surface area contributed by atoms with Gasteiger partial charge in [-0.15, -0.1) is 0 Å². The second-order valence-electron chi connectivity index (χ2n) is 15.6. The summed E-state index contributed by atoms with van der Waals surface area (Å²) in [5, 5.41) is 6.93. The van der Waals surface area contributed by atoms with Gasteiger partial charge in [0.25, 0.3) is 0 Å². The predicted octanol–water partition coefficient (Wildman–Crippen LogP) is 13.3. The molecule has 0 amide bonds. The first kappa shape index (κ1) is 31.9. The zero-order valence-electron chi connectivity index (χ0n) is 31.4. The van der Waals surface area contributed by atoms with Crippen molar-refractivity contribution in [3.8, 4) is 51.0 Å². The van der Waals surface area contributed by atoms with E-state index >= 15 is 0 Å². The number of benzene rings is 8. The lowest BCUT2D eigenvalue weighted by Gasteiger charge is -2.24. The lowest BCUT2D eigenvalue weighted by atomic mass is 9.81. The molecule has 0 unspecified atom stereocenters. The normalized spacial score (nSPS) is 13.2. The van der Waals surface area contributed by atoms with Crippen molar-refractivity contribution in [3.05, 3.63) is 181 Å². The second-order valence-corrected chi connectivity index (χ2v) is 15.6. The SMILES string of the molecule is CC1(C)c2ccccc2-c2ccc3c4cc5ccccc5cc4n(-c4ccc(-c5nc(-c6ccccc6)nc(-c6ccccc6)n5)c5oc6ccccc6c45)c3c21. The van der Waals surface area contributed by atoms with Gasteiger partial charge in [0, 0.05) is 32.7 Å². The van der Waals surface area contributed by atoms with Crippen LogP contribution in [0, 0.1) is 0 Å². The van der Waals surface area contributed by atoms with Crippen molar-refractivity contribution in [3.63, 3.8) is 0 Å². The maximum Gasteiger partial charge on any atom is 0.167 e. The van der Waals surface area contributed by atoms with Crippen LogP contribution in [0.1, 0.15) is 25.0 Å². The molecular formula is C52H34N4O. The van der Waals surface area contributed by atoms with E-state index in [4.69, 9.17) is 19.4 Å². The average molecular weight is 731 g/mol. The van der Waals surface area contributed by atoms with Gasteiger partial charge in [-0.3, -0.25) is 0 Å². The highest BCUT2D eigenvalue weighted by Crippen LogP contribution is 2.54. The van der Waals surface area contributed by atoms with Crippen molar-refractivity contribution in [2.45, 2.75) is 19.3 Å². The molecule has 0 aliphatic heterocycles. The molecular weight excluding hydrogens is 697 g/mol. The van der Waals surface area contributed by atoms with Crippen LogP contribution in [0.25, 0.3) is 105 Å². The summed E-state index contributed by atoms with van der Waals surface area (Å²) in [4.78, 5) is 15.3. The quantitative estimate of drug-likeness (QED) is 0.181. The molecule has 0 spiro atoms. The van der Waals surface area contributed by atoms with E-state index in [2.05, 4.69) is 122 Å². The Balaban J connectivity index is 1.21. The molecule has 0 bridgehead atoms. The molecule has 0 saturated heterocycles. The number of rotatable bonds is 4. The monoisotopic (exact) mass is 730 g/mol. The van der Waals surface area contributed by atoms with Crippen molar-refractivity contribution in [1.82, 2.24) is 19.5 Å². The van der Waals surface area contributed by atoms with Crippen LogP contribution in [0.3, 0.4) is 0 Å². The summed E-state index contributed by atoms with van der Waals surface area (Å²) in [5.41, 5.74) is 12.7. The molecule has 5 nitrogen and oxygen atoms in total. The molecule has 0 N–H and O–H groups in total. The van der Waals surface area contributed by atoms with E-state index in [0.29, 0.717) is 17.5 Å². The molecule has 1 aliphatic rings. The number of aromatic nitrogens is 4. The van der Waals surface area contributed by atoms with Gasteiger partial charge in [-0.1, -0.05) is 153 Å². The highest BCUT2D eigenvalue weighted by Gasteiger charge is 2.38. The molecule has 3 heterocycles. The minimum absolute atomic E-state index is 0.235. The Kier molecular flexibility index (Phi) is 6.62. The molecule has 0 radical (unpaired) electrons. The Morgan fingerprint density at radius 2 is 1.11 bits per heavy atom. The van der Waals surface area contributed by atoms with Gasteiger partial charge in [0.2, 0.25) is 0 Å². The highest BCUT2D eigenvalue weighted by molar-refractivity contribution is 6.19. The Morgan fingerprint density at radius 3 is 1.86 bits per heavy atom. The lowest BCUT2D eigenvalue weighted by Crippen LogP contribution is -2.16. The van der Waals surface area contributed by atoms with E-state index in [0.717, 1.165) is 49.8 Å². The van der Waals surface area contributed by atoms with Crippen molar-refractivity contribution < 1.29 is 4.42 Å². The van der Waals surface area contributed by atoms with E-state index in [9.17, 15) is 0 Å². The summed E-state index contributed by atoms with van der Waals surface area (Å²) in [6.45, 7) is 4.74. The maximum absolute atomic E-state index is 6.93. The van der Waals surface area contributed by atoms with Gasteiger partial charge in [0.15, 0.2) is 17.5 Å². The van der Waals surface area contributed by atoms with E-state index in [-0.39, 0.29) is 5.41 Å².